The van der Waals surface area contributed by atoms with Crippen molar-refractivity contribution in [1.29, 1.82) is 0 Å². The third kappa shape index (κ3) is 4.83. The van der Waals surface area contributed by atoms with E-state index in [-0.39, 0.29) is 0 Å². The van der Waals surface area contributed by atoms with Crippen molar-refractivity contribution >= 4 is 16.6 Å². The molecular weight excluding hydrogens is 230 g/mol. The number of hydrogen-bond donors (Lipinski definition) is 0. The highest BCUT2D eigenvalue weighted by Gasteiger charge is 2.33. The van der Waals surface area contributed by atoms with Crippen LogP contribution in [0.1, 0.15) is 19.3 Å². The number of rotatable bonds is 4. The zero-order valence-electron chi connectivity index (χ0n) is 11.2. The molecule has 0 atom stereocenters. The van der Waals surface area contributed by atoms with E-state index in [9.17, 15) is 0 Å². The molecule has 0 unspecified atom stereocenters. The van der Waals surface area contributed by atoms with Crippen molar-refractivity contribution in [1.82, 2.24) is 4.90 Å². The van der Waals surface area contributed by atoms with E-state index in [1.165, 1.54) is 32.4 Å². The van der Waals surface area contributed by atoms with E-state index in [0.29, 0.717) is 0 Å². The molecule has 1 heterocycles. The summed E-state index contributed by atoms with van der Waals surface area (Å²) in [6, 6.07) is 0. The lowest BCUT2D eigenvalue weighted by Crippen LogP contribution is -2.52. The highest BCUT2D eigenvalue weighted by molar-refractivity contribution is 6.89. The molecule has 1 fully saturated rings. The molecule has 0 radical (unpaired) electrons. The Hall–Kier alpha value is -0.0862. The Kier molecular flexibility index (Phi) is 4.80. The average Bonchev–Trinajstić information content (AvgIpc) is 2.17. The van der Waals surface area contributed by atoms with Crippen molar-refractivity contribution in [3.63, 3.8) is 0 Å². The summed E-state index contributed by atoms with van der Waals surface area (Å²) in [7, 11) is -3.44. The zero-order valence-corrected chi connectivity index (χ0v) is 13.2. The molecule has 0 N–H and O–H groups in total. The molecule has 0 saturated carbocycles. The topological polar surface area (TPSA) is 12.5 Å². The van der Waals surface area contributed by atoms with Gasteiger partial charge in [0.1, 0.15) is 0 Å². The molecule has 1 rings (SSSR count). The van der Waals surface area contributed by atoms with Gasteiger partial charge in [0.05, 0.1) is 0 Å². The molecule has 0 aromatic rings. The monoisotopic (exact) mass is 255 g/mol. The fourth-order valence-corrected chi connectivity index (χ4v) is 9.82. The van der Waals surface area contributed by atoms with E-state index in [2.05, 4.69) is 36.6 Å². The maximum Gasteiger partial charge on any atom is 0.255 e. The third-order valence-corrected chi connectivity index (χ3v) is 9.09. The fraction of sp³-hybridized carbons (Fsp3) is 0.833. The standard InChI is InChI=1S/C12H25NOSi2/c1-6-15(2,3)14-16(4,5)12-13-10-8-7-9-11-13/h1H,7-12H2,2-5H3. The molecule has 0 bridgehead atoms. The van der Waals surface area contributed by atoms with Gasteiger partial charge in [0.2, 0.25) is 0 Å². The Balaban J connectivity index is 2.47. The quantitative estimate of drug-likeness (QED) is 0.565. The summed E-state index contributed by atoms with van der Waals surface area (Å²) in [6.45, 7) is 11.3. The fourth-order valence-electron chi connectivity index (χ4n) is 2.41. The maximum atomic E-state index is 6.28. The van der Waals surface area contributed by atoms with Gasteiger partial charge in [-0.3, -0.25) is 0 Å². The van der Waals surface area contributed by atoms with Gasteiger partial charge in [0.15, 0.2) is 8.32 Å². The Bertz CT molecular complexity index is 265. The minimum absolute atomic E-state index is 1.14. The van der Waals surface area contributed by atoms with Crippen molar-refractivity contribution in [2.24, 2.45) is 0 Å². The lowest BCUT2D eigenvalue weighted by Gasteiger charge is -2.36. The van der Waals surface area contributed by atoms with Gasteiger partial charge in [-0.15, -0.1) is 12.0 Å². The molecule has 16 heavy (non-hydrogen) atoms. The smallest absolute Gasteiger partial charge is 0.255 e. The Labute approximate surface area is 103 Å². The first-order valence-electron chi connectivity index (χ1n) is 6.25. The van der Waals surface area contributed by atoms with Crippen LogP contribution in [0.25, 0.3) is 0 Å². The molecule has 1 aliphatic rings. The number of nitrogens with zero attached hydrogens (tertiary/aromatic N) is 1. The van der Waals surface area contributed by atoms with Crippen LogP contribution in [-0.4, -0.2) is 40.8 Å². The SMILES string of the molecule is C#C[Si](C)(C)O[Si](C)(C)CN1CCCCC1. The van der Waals surface area contributed by atoms with Gasteiger partial charge in [-0.2, -0.15) is 0 Å². The average molecular weight is 256 g/mol. The maximum absolute atomic E-state index is 6.28. The second-order valence-corrected chi connectivity index (χ2v) is 13.8. The van der Waals surface area contributed by atoms with Crippen LogP contribution in [0.4, 0.5) is 0 Å². The van der Waals surface area contributed by atoms with Crippen LogP contribution in [-0.2, 0) is 4.12 Å². The van der Waals surface area contributed by atoms with E-state index in [0.717, 1.165) is 6.17 Å². The van der Waals surface area contributed by atoms with Crippen molar-refractivity contribution in [3.8, 4) is 12.0 Å². The van der Waals surface area contributed by atoms with Gasteiger partial charge >= 0.3 is 0 Å². The van der Waals surface area contributed by atoms with Crippen LogP contribution in [0.15, 0.2) is 0 Å². The first-order valence-corrected chi connectivity index (χ1v) is 12.3. The van der Waals surface area contributed by atoms with Crippen molar-refractivity contribution in [2.45, 2.75) is 45.5 Å². The molecule has 0 amide bonds. The van der Waals surface area contributed by atoms with E-state index >= 15 is 0 Å². The molecular formula is C12H25NOSi2. The predicted molar refractivity (Wildman–Crippen MR) is 75.2 cm³/mol. The summed E-state index contributed by atoms with van der Waals surface area (Å²) in [4.78, 5) is 2.57. The lowest BCUT2D eigenvalue weighted by atomic mass is 10.1. The summed E-state index contributed by atoms with van der Waals surface area (Å²) in [6.07, 6.45) is 10.8. The lowest BCUT2D eigenvalue weighted by molar-refractivity contribution is 0.251. The van der Waals surface area contributed by atoms with Gasteiger partial charge in [0, 0.05) is 6.17 Å². The van der Waals surface area contributed by atoms with Crippen LogP contribution in [0.3, 0.4) is 0 Å². The largest absolute Gasteiger partial charge is 0.446 e. The number of terminal acetylenes is 1. The summed E-state index contributed by atoms with van der Waals surface area (Å²) >= 11 is 0. The van der Waals surface area contributed by atoms with Gasteiger partial charge in [0.25, 0.3) is 8.32 Å². The number of likely N-dealkylation sites (tertiary alicyclic amines) is 1. The second kappa shape index (κ2) is 5.50. The minimum atomic E-state index is -1.83. The first kappa shape index (κ1) is 14.0. The van der Waals surface area contributed by atoms with Gasteiger partial charge in [-0.05, 0) is 52.1 Å². The summed E-state index contributed by atoms with van der Waals surface area (Å²) in [5.41, 5.74) is 2.87. The van der Waals surface area contributed by atoms with Crippen LogP contribution >= 0.6 is 0 Å². The third-order valence-electron chi connectivity index (χ3n) is 2.93. The normalized spacial score (nSPS) is 19.4. The predicted octanol–water partition coefficient (Wildman–Crippen LogP) is 2.61. The summed E-state index contributed by atoms with van der Waals surface area (Å²) in [5, 5.41) is 0. The molecule has 0 aromatic carbocycles. The van der Waals surface area contributed by atoms with Crippen molar-refractivity contribution < 1.29 is 4.12 Å². The Morgan fingerprint density at radius 1 is 1.12 bits per heavy atom. The highest BCUT2D eigenvalue weighted by atomic mass is 28.4. The minimum Gasteiger partial charge on any atom is -0.446 e. The summed E-state index contributed by atoms with van der Waals surface area (Å²) < 4.78 is 6.28. The molecule has 0 aliphatic carbocycles. The van der Waals surface area contributed by atoms with E-state index < -0.39 is 16.6 Å². The molecule has 4 heteroatoms. The summed E-state index contributed by atoms with van der Waals surface area (Å²) in [5.74, 6) is 0. The Morgan fingerprint density at radius 2 is 1.69 bits per heavy atom. The van der Waals surface area contributed by atoms with Crippen LogP contribution in [0, 0.1) is 12.0 Å². The number of hydrogen-bond acceptors (Lipinski definition) is 2. The molecule has 0 spiro atoms. The van der Waals surface area contributed by atoms with Gasteiger partial charge in [-0.25, -0.2) is 0 Å². The second-order valence-electron chi connectivity index (χ2n) is 5.85. The van der Waals surface area contributed by atoms with Crippen LogP contribution in [0.5, 0.6) is 0 Å². The zero-order chi connectivity index (χ0) is 12.2. The molecule has 0 aromatic heterocycles. The highest BCUT2D eigenvalue weighted by Crippen LogP contribution is 2.17. The van der Waals surface area contributed by atoms with E-state index in [1.807, 2.05) is 0 Å². The molecule has 1 saturated heterocycles. The van der Waals surface area contributed by atoms with Crippen molar-refractivity contribution in [3.05, 3.63) is 0 Å². The van der Waals surface area contributed by atoms with Gasteiger partial charge in [-0.1, -0.05) is 6.42 Å². The molecule has 92 valence electrons. The van der Waals surface area contributed by atoms with E-state index in [4.69, 9.17) is 10.5 Å². The molecule has 2 nitrogen and oxygen atoms in total. The first-order chi connectivity index (χ1) is 7.35. The molecule has 1 aliphatic heterocycles. The van der Waals surface area contributed by atoms with Crippen molar-refractivity contribution in [2.75, 3.05) is 19.3 Å². The van der Waals surface area contributed by atoms with E-state index in [1.54, 1.807) is 0 Å². The number of piperidine rings is 1. The van der Waals surface area contributed by atoms with Crippen LogP contribution in [0.2, 0.25) is 26.2 Å². The van der Waals surface area contributed by atoms with Gasteiger partial charge < -0.3 is 9.02 Å². The Morgan fingerprint density at radius 3 is 2.19 bits per heavy atom. The van der Waals surface area contributed by atoms with Crippen LogP contribution < -0.4 is 0 Å².